The number of nitrogens with zero attached hydrogens (tertiary/aromatic N) is 5. The van der Waals surface area contributed by atoms with Crippen LogP contribution in [0.4, 0.5) is 10.1 Å². The summed E-state index contributed by atoms with van der Waals surface area (Å²) in [7, 11) is 0. The molecule has 2 aromatic carbocycles. The standard InChI is InChI=1S/C19H13FN6O/c20-16-8-14-10-21-5-3-12(14)7-15(16)19(27)26-6-4-11-1-2-13(9-17(11)26)18-22-24-25-23-18/h1-3,5,7-10H,4,6H2,(H,22,23,24,25). The van der Waals surface area contributed by atoms with E-state index in [0.29, 0.717) is 24.2 Å². The van der Waals surface area contributed by atoms with Crippen LogP contribution in [0.25, 0.3) is 22.2 Å². The highest BCUT2D eigenvalue weighted by Crippen LogP contribution is 2.33. The first-order valence-electron chi connectivity index (χ1n) is 8.42. The molecule has 1 aliphatic rings. The van der Waals surface area contributed by atoms with Crippen molar-refractivity contribution in [3.05, 3.63) is 65.7 Å². The van der Waals surface area contributed by atoms with Crippen LogP contribution in [0.1, 0.15) is 15.9 Å². The maximum atomic E-state index is 14.6. The minimum absolute atomic E-state index is 0.0477. The van der Waals surface area contributed by atoms with Gasteiger partial charge in [-0.05, 0) is 46.8 Å². The number of amides is 1. The molecule has 1 amide bonds. The van der Waals surface area contributed by atoms with E-state index in [1.165, 1.54) is 6.07 Å². The fraction of sp³-hybridized carbons (Fsp3) is 0.105. The Labute approximate surface area is 152 Å². The molecule has 5 rings (SSSR count). The van der Waals surface area contributed by atoms with Crippen LogP contribution < -0.4 is 4.90 Å². The van der Waals surface area contributed by atoms with Crippen molar-refractivity contribution in [3.63, 3.8) is 0 Å². The number of aromatic nitrogens is 5. The Balaban J connectivity index is 1.56. The molecule has 0 radical (unpaired) electrons. The Hall–Kier alpha value is -3.68. The Morgan fingerprint density at radius 2 is 2.07 bits per heavy atom. The predicted octanol–water partition coefficient (Wildman–Crippen LogP) is 2.76. The van der Waals surface area contributed by atoms with Gasteiger partial charge in [-0.15, -0.1) is 10.2 Å². The molecule has 4 aromatic rings. The van der Waals surface area contributed by atoms with Gasteiger partial charge in [-0.2, -0.15) is 5.21 Å². The third kappa shape index (κ3) is 2.53. The third-order valence-electron chi connectivity index (χ3n) is 4.79. The minimum atomic E-state index is -0.553. The van der Waals surface area contributed by atoms with Crippen molar-refractivity contribution in [1.29, 1.82) is 0 Å². The first kappa shape index (κ1) is 15.6. The molecule has 0 saturated heterocycles. The second-order valence-corrected chi connectivity index (χ2v) is 6.34. The summed E-state index contributed by atoms with van der Waals surface area (Å²) in [6.45, 7) is 0.498. The van der Waals surface area contributed by atoms with Crippen molar-refractivity contribution in [2.75, 3.05) is 11.4 Å². The fourth-order valence-electron chi connectivity index (χ4n) is 3.43. The number of hydrogen-bond donors (Lipinski definition) is 1. The largest absolute Gasteiger partial charge is 0.308 e. The lowest BCUT2D eigenvalue weighted by Gasteiger charge is -2.18. The first-order valence-corrected chi connectivity index (χ1v) is 8.42. The van der Waals surface area contributed by atoms with E-state index >= 15 is 0 Å². The number of nitrogens with one attached hydrogen (secondary N) is 1. The molecule has 1 aliphatic heterocycles. The van der Waals surface area contributed by atoms with Crippen molar-refractivity contribution in [2.24, 2.45) is 0 Å². The van der Waals surface area contributed by atoms with Crippen LogP contribution in [-0.4, -0.2) is 38.1 Å². The SMILES string of the molecule is O=C(c1cc2ccncc2cc1F)N1CCc2ccc(-c3nn[nH]n3)cc21. The van der Waals surface area contributed by atoms with Gasteiger partial charge in [-0.3, -0.25) is 9.78 Å². The van der Waals surface area contributed by atoms with Crippen molar-refractivity contribution in [1.82, 2.24) is 25.6 Å². The zero-order valence-electron chi connectivity index (χ0n) is 14.1. The van der Waals surface area contributed by atoms with Gasteiger partial charge in [0.05, 0.1) is 5.56 Å². The van der Waals surface area contributed by atoms with Gasteiger partial charge in [0, 0.05) is 35.6 Å². The fourth-order valence-corrected chi connectivity index (χ4v) is 3.43. The zero-order valence-corrected chi connectivity index (χ0v) is 14.1. The number of pyridine rings is 1. The van der Waals surface area contributed by atoms with Crippen LogP contribution in [0.3, 0.4) is 0 Å². The molecule has 7 nitrogen and oxygen atoms in total. The number of tetrazole rings is 1. The molecule has 3 heterocycles. The quantitative estimate of drug-likeness (QED) is 0.594. The summed E-state index contributed by atoms with van der Waals surface area (Å²) < 4.78 is 14.6. The van der Waals surface area contributed by atoms with Crippen molar-refractivity contribution in [2.45, 2.75) is 6.42 Å². The Morgan fingerprint density at radius 3 is 2.93 bits per heavy atom. The highest BCUT2D eigenvalue weighted by molar-refractivity contribution is 6.09. The van der Waals surface area contributed by atoms with Gasteiger partial charge in [-0.1, -0.05) is 12.1 Å². The predicted molar refractivity (Wildman–Crippen MR) is 96.7 cm³/mol. The number of rotatable bonds is 2. The van der Waals surface area contributed by atoms with Crippen LogP contribution in [0.15, 0.2) is 48.8 Å². The highest BCUT2D eigenvalue weighted by atomic mass is 19.1. The molecule has 0 atom stereocenters. The molecule has 0 unspecified atom stereocenters. The molecular formula is C19H13FN6O. The van der Waals surface area contributed by atoms with Crippen molar-refractivity contribution >= 4 is 22.4 Å². The number of fused-ring (bicyclic) bond motifs is 2. The van der Waals surface area contributed by atoms with Gasteiger partial charge in [0.15, 0.2) is 0 Å². The van der Waals surface area contributed by atoms with Crippen LogP contribution in [0.2, 0.25) is 0 Å². The zero-order chi connectivity index (χ0) is 18.4. The molecule has 0 fully saturated rings. The number of aromatic amines is 1. The maximum absolute atomic E-state index is 14.6. The second-order valence-electron chi connectivity index (χ2n) is 6.34. The van der Waals surface area contributed by atoms with E-state index < -0.39 is 5.82 Å². The lowest BCUT2D eigenvalue weighted by atomic mass is 10.1. The smallest absolute Gasteiger partial charge is 0.261 e. The number of carbonyl (C=O) groups is 1. The van der Waals surface area contributed by atoms with Gasteiger partial charge < -0.3 is 4.90 Å². The van der Waals surface area contributed by atoms with Crippen LogP contribution in [0.5, 0.6) is 0 Å². The second kappa shape index (κ2) is 5.94. The molecule has 8 heteroatoms. The maximum Gasteiger partial charge on any atom is 0.261 e. The summed E-state index contributed by atoms with van der Waals surface area (Å²) in [5, 5.41) is 15.4. The lowest BCUT2D eigenvalue weighted by molar-refractivity contribution is 0.0985. The molecule has 132 valence electrons. The molecular weight excluding hydrogens is 347 g/mol. The summed E-state index contributed by atoms with van der Waals surface area (Å²) >= 11 is 0. The average molecular weight is 360 g/mol. The summed E-state index contributed by atoms with van der Waals surface area (Å²) in [4.78, 5) is 18.7. The van der Waals surface area contributed by atoms with Gasteiger partial charge in [-0.25, -0.2) is 4.39 Å². The summed E-state index contributed by atoms with van der Waals surface area (Å²) in [6, 6.07) is 10.4. The molecule has 0 spiro atoms. The van der Waals surface area contributed by atoms with Gasteiger partial charge in [0.25, 0.3) is 5.91 Å². The van der Waals surface area contributed by atoms with Gasteiger partial charge in [0.2, 0.25) is 5.82 Å². The van der Waals surface area contributed by atoms with Crippen LogP contribution >= 0.6 is 0 Å². The van der Waals surface area contributed by atoms with Crippen LogP contribution in [-0.2, 0) is 6.42 Å². The normalized spacial score (nSPS) is 13.1. The number of halogens is 1. The van der Waals surface area contributed by atoms with Crippen molar-refractivity contribution in [3.8, 4) is 11.4 Å². The highest BCUT2D eigenvalue weighted by Gasteiger charge is 2.28. The van der Waals surface area contributed by atoms with E-state index in [0.717, 1.165) is 22.2 Å². The number of benzene rings is 2. The summed E-state index contributed by atoms with van der Waals surface area (Å²) in [6.07, 6.45) is 3.92. The number of hydrogen-bond acceptors (Lipinski definition) is 5. The molecule has 27 heavy (non-hydrogen) atoms. The Morgan fingerprint density at radius 1 is 1.15 bits per heavy atom. The molecule has 0 aliphatic carbocycles. The van der Waals surface area contributed by atoms with Crippen molar-refractivity contribution < 1.29 is 9.18 Å². The van der Waals surface area contributed by atoms with E-state index in [1.807, 2.05) is 18.2 Å². The third-order valence-corrected chi connectivity index (χ3v) is 4.79. The number of carbonyl (C=O) groups excluding carboxylic acids is 1. The van der Waals surface area contributed by atoms with E-state index in [4.69, 9.17) is 0 Å². The van der Waals surface area contributed by atoms with Gasteiger partial charge in [0.1, 0.15) is 5.82 Å². The van der Waals surface area contributed by atoms with E-state index in [1.54, 1.807) is 29.4 Å². The summed E-state index contributed by atoms with van der Waals surface area (Å²) in [5.41, 5.74) is 2.57. The first-order chi connectivity index (χ1) is 13.2. The van der Waals surface area contributed by atoms with Crippen LogP contribution in [0, 0.1) is 5.82 Å². The molecule has 2 aromatic heterocycles. The summed E-state index contributed by atoms with van der Waals surface area (Å²) in [5.74, 6) is -0.472. The molecule has 0 bridgehead atoms. The number of H-pyrrole nitrogens is 1. The van der Waals surface area contributed by atoms with Gasteiger partial charge >= 0.3 is 0 Å². The van der Waals surface area contributed by atoms with E-state index in [9.17, 15) is 9.18 Å². The molecule has 0 saturated carbocycles. The monoisotopic (exact) mass is 360 g/mol. The van der Waals surface area contributed by atoms with E-state index in [-0.39, 0.29) is 11.5 Å². The Bertz CT molecular complexity index is 1170. The average Bonchev–Trinajstić information content (AvgIpc) is 3.36. The van der Waals surface area contributed by atoms with E-state index in [2.05, 4.69) is 25.6 Å². The minimum Gasteiger partial charge on any atom is -0.308 e. The topological polar surface area (TPSA) is 87.7 Å². The lowest BCUT2D eigenvalue weighted by Crippen LogP contribution is -2.29. The Kier molecular flexibility index (Phi) is 3.43. The molecule has 1 N–H and O–H groups in total. The number of anilines is 1.